The molecule has 0 spiro atoms. The van der Waals surface area contributed by atoms with Crippen molar-refractivity contribution in [2.24, 2.45) is 0 Å². The standard InChI is InChI=1S/C26H21FN4O2/c1-16-22(11-12-32-16)31-14-21(24(30-31)18-7-9-19(27)10-8-18)25-20-13-23(17-5-3-2-4-6-17)33-26(20)29-15-28-25/h2-10,13-16,22H,11-12H2,1H3/t16-,22?/m0/s1. The molecule has 3 aromatic heterocycles. The minimum absolute atomic E-state index is 0.0582. The van der Waals surface area contributed by atoms with Gasteiger partial charge in [-0.3, -0.25) is 4.68 Å². The minimum atomic E-state index is -0.288. The Balaban J connectivity index is 1.54. The third kappa shape index (κ3) is 3.50. The van der Waals surface area contributed by atoms with Crippen LogP contribution in [0, 0.1) is 5.82 Å². The molecule has 0 bridgehead atoms. The number of hydrogen-bond donors (Lipinski definition) is 0. The van der Waals surface area contributed by atoms with Gasteiger partial charge in [0, 0.05) is 29.5 Å². The Kier molecular flexibility index (Phi) is 4.77. The Hall–Kier alpha value is -3.84. The SMILES string of the molecule is C[C@@H]1OCCC1n1cc(-c2ncnc3oc(-c4ccccc4)cc23)c(-c2ccc(F)cc2)n1. The molecule has 1 saturated heterocycles. The number of nitrogens with zero attached hydrogens (tertiary/aromatic N) is 4. The second kappa shape index (κ2) is 7.94. The number of benzene rings is 2. The van der Waals surface area contributed by atoms with Crippen LogP contribution in [0.5, 0.6) is 0 Å². The van der Waals surface area contributed by atoms with E-state index in [4.69, 9.17) is 14.3 Å². The van der Waals surface area contributed by atoms with Gasteiger partial charge in [-0.1, -0.05) is 30.3 Å². The summed E-state index contributed by atoms with van der Waals surface area (Å²) < 4.78 is 27.4. The summed E-state index contributed by atoms with van der Waals surface area (Å²) in [4.78, 5) is 8.97. The summed E-state index contributed by atoms with van der Waals surface area (Å²) in [6.07, 6.45) is 4.45. The van der Waals surface area contributed by atoms with E-state index < -0.39 is 0 Å². The van der Waals surface area contributed by atoms with E-state index in [1.165, 1.54) is 18.5 Å². The van der Waals surface area contributed by atoms with E-state index in [0.717, 1.165) is 45.6 Å². The maximum atomic E-state index is 13.6. The van der Waals surface area contributed by atoms with Gasteiger partial charge >= 0.3 is 0 Å². The first-order valence-corrected chi connectivity index (χ1v) is 10.9. The third-order valence-electron chi connectivity index (χ3n) is 6.17. The zero-order valence-electron chi connectivity index (χ0n) is 18.0. The van der Waals surface area contributed by atoms with E-state index in [-0.39, 0.29) is 18.0 Å². The normalized spacial score (nSPS) is 18.2. The topological polar surface area (TPSA) is 66.0 Å². The van der Waals surface area contributed by atoms with Gasteiger partial charge in [0.1, 0.15) is 23.6 Å². The van der Waals surface area contributed by atoms with Crippen molar-refractivity contribution in [1.29, 1.82) is 0 Å². The van der Waals surface area contributed by atoms with Gasteiger partial charge < -0.3 is 9.15 Å². The van der Waals surface area contributed by atoms with E-state index >= 15 is 0 Å². The molecule has 2 atom stereocenters. The highest BCUT2D eigenvalue weighted by Gasteiger charge is 2.29. The minimum Gasteiger partial charge on any atom is -0.438 e. The van der Waals surface area contributed by atoms with Crippen LogP contribution in [0.15, 0.2) is 77.6 Å². The molecule has 0 saturated carbocycles. The van der Waals surface area contributed by atoms with Gasteiger partial charge in [0.25, 0.3) is 0 Å². The number of hydrogen-bond acceptors (Lipinski definition) is 5. The summed E-state index contributed by atoms with van der Waals surface area (Å²) >= 11 is 0. The molecule has 6 nitrogen and oxygen atoms in total. The highest BCUT2D eigenvalue weighted by atomic mass is 19.1. The Morgan fingerprint density at radius 1 is 0.970 bits per heavy atom. The summed E-state index contributed by atoms with van der Waals surface area (Å²) in [6.45, 7) is 2.76. The lowest BCUT2D eigenvalue weighted by Crippen LogP contribution is -2.17. The number of fused-ring (bicyclic) bond motifs is 1. The molecule has 7 heteroatoms. The molecule has 1 fully saturated rings. The third-order valence-corrected chi connectivity index (χ3v) is 6.17. The predicted molar refractivity (Wildman–Crippen MR) is 123 cm³/mol. The molecule has 1 unspecified atom stereocenters. The molecule has 164 valence electrons. The first-order valence-electron chi connectivity index (χ1n) is 10.9. The molecule has 0 aliphatic carbocycles. The van der Waals surface area contributed by atoms with Crippen LogP contribution in [0.3, 0.4) is 0 Å². The molecule has 2 aromatic carbocycles. The Morgan fingerprint density at radius 3 is 2.55 bits per heavy atom. The van der Waals surface area contributed by atoms with Crippen molar-refractivity contribution in [3.63, 3.8) is 0 Å². The molecular formula is C26H21FN4O2. The fourth-order valence-corrected chi connectivity index (χ4v) is 4.44. The molecule has 33 heavy (non-hydrogen) atoms. The van der Waals surface area contributed by atoms with E-state index in [9.17, 15) is 4.39 Å². The number of rotatable bonds is 4. The number of halogens is 1. The van der Waals surface area contributed by atoms with E-state index in [1.807, 2.05) is 47.3 Å². The largest absolute Gasteiger partial charge is 0.438 e. The Labute approximate surface area is 189 Å². The lowest BCUT2D eigenvalue weighted by Gasteiger charge is -2.14. The molecule has 0 radical (unpaired) electrons. The summed E-state index contributed by atoms with van der Waals surface area (Å²) in [5.74, 6) is 0.435. The fourth-order valence-electron chi connectivity index (χ4n) is 4.44. The van der Waals surface area contributed by atoms with E-state index in [2.05, 4.69) is 16.9 Å². The lowest BCUT2D eigenvalue weighted by atomic mass is 10.0. The molecule has 4 heterocycles. The monoisotopic (exact) mass is 440 g/mol. The van der Waals surface area contributed by atoms with E-state index in [1.54, 1.807) is 12.1 Å². The smallest absolute Gasteiger partial charge is 0.230 e. The maximum Gasteiger partial charge on any atom is 0.230 e. The number of aromatic nitrogens is 4. The van der Waals surface area contributed by atoms with Gasteiger partial charge in [0.05, 0.1) is 23.2 Å². The molecule has 1 aliphatic heterocycles. The molecule has 6 rings (SSSR count). The van der Waals surface area contributed by atoms with Crippen molar-refractivity contribution >= 4 is 11.1 Å². The van der Waals surface area contributed by atoms with Crippen molar-refractivity contribution < 1.29 is 13.5 Å². The van der Waals surface area contributed by atoms with Crippen LogP contribution >= 0.6 is 0 Å². The fraction of sp³-hybridized carbons (Fsp3) is 0.192. The van der Waals surface area contributed by atoms with Crippen LogP contribution in [0.25, 0.3) is 44.9 Å². The van der Waals surface area contributed by atoms with E-state index in [0.29, 0.717) is 12.3 Å². The zero-order chi connectivity index (χ0) is 22.4. The second-order valence-electron chi connectivity index (χ2n) is 8.23. The first kappa shape index (κ1) is 19.8. The van der Waals surface area contributed by atoms with Crippen molar-refractivity contribution in [2.45, 2.75) is 25.5 Å². The maximum absolute atomic E-state index is 13.6. The van der Waals surface area contributed by atoms with Gasteiger partial charge in [0.2, 0.25) is 5.71 Å². The van der Waals surface area contributed by atoms with Crippen LogP contribution in [0.1, 0.15) is 19.4 Å². The quantitative estimate of drug-likeness (QED) is 0.348. The molecular weight excluding hydrogens is 419 g/mol. The number of ether oxygens (including phenoxy) is 1. The van der Waals surface area contributed by atoms with Crippen molar-refractivity contribution in [1.82, 2.24) is 19.7 Å². The first-order chi connectivity index (χ1) is 16.2. The van der Waals surface area contributed by atoms with Crippen LogP contribution < -0.4 is 0 Å². The lowest BCUT2D eigenvalue weighted by molar-refractivity contribution is 0.105. The van der Waals surface area contributed by atoms with Gasteiger partial charge in [-0.05, 0) is 43.7 Å². The highest BCUT2D eigenvalue weighted by Crippen LogP contribution is 2.38. The van der Waals surface area contributed by atoms with Crippen LogP contribution in [-0.2, 0) is 4.74 Å². The van der Waals surface area contributed by atoms with Crippen molar-refractivity contribution in [3.05, 3.63) is 79.0 Å². The van der Waals surface area contributed by atoms with Crippen molar-refractivity contribution in [3.8, 4) is 33.8 Å². The van der Waals surface area contributed by atoms with Gasteiger partial charge in [-0.15, -0.1) is 0 Å². The van der Waals surface area contributed by atoms with Crippen LogP contribution in [0.2, 0.25) is 0 Å². The zero-order valence-corrected chi connectivity index (χ0v) is 18.0. The molecule has 0 N–H and O–H groups in total. The predicted octanol–water partition coefficient (Wildman–Crippen LogP) is 5.91. The van der Waals surface area contributed by atoms with Gasteiger partial charge in [-0.25, -0.2) is 14.4 Å². The van der Waals surface area contributed by atoms with Crippen LogP contribution in [0.4, 0.5) is 4.39 Å². The highest BCUT2D eigenvalue weighted by molar-refractivity contribution is 5.95. The Bertz CT molecular complexity index is 1430. The molecule has 5 aromatic rings. The molecule has 0 amide bonds. The Morgan fingerprint density at radius 2 is 1.79 bits per heavy atom. The average molecular weight is 440 g/mol. The summed E-state index contributed by atoms with van der Waals surface area (Å²) in [5, 5.41) is 5.71. The van der Waals surface area contributed by atoms with Crippen LogP contribution in [-0.4, -0.2) is 32.5 Å². The summed E-state index contributed by atoms with van der Waals surface area (Å²) in [6, 6.07) is 18.4. The summed E-state index contributed by atoms with van der Waals surface area (Å²) in [5.41, 5.74) is 4.59. The molecule has 1 aliphatic rings. The number of furan rings is 1. The average Bonchev–Trinajstić information content (AvgIpc) is 3.57. The van der Waals surface area contributed by atoms with Crippen molar-refractivity contribution in [2.75, 3.05) is 6.61 Å². The van der Waals surface area contributed by atoms with Gasteiger partial charge in [-0.2, -0.15) is 5.10 Å². The van der Waals surface area contributed by atoms with Gasteiger partial charge in [0.15, 0.2) is 0 Å². The summed E-state index contributed by atoms with van der Waals surface area (Å²) in [7, 11) is 0. The second-order valence-corrected chi connectivity index (χ2v) is 8.23.